The lowest BCUT2D eigenvalue weighted by atomic mass is 10.0. The number of pyridine rings is 1. The van der Waals surface area contributed by atoms with Crippen molar-refractivity contribution >= 4 is 17.4 Å². The highest BCUT2D eigenvalue weighted by Crippen LogP contribution is 2.20. The Balaban J connectivity index is 1.66. The van der Waals surface area contributed by atoms with Crippen molar-refractivity contribution in [3.63, 3.8) is 0 Å². The van der Waals surface area contributed by atoms with Gasteiger partial charge in [0.1, 0.15) is 6.61 Å². The van der Waals surface area contributed by atoms with Gasteiger partial charge < -0.3 is 9.47 Å². The van der Waals surface area contributed by atoms with Crippen LogP contribution >= 0.6 is 11.6 Å². The molecular formula is C18H19ClN2O3. The van der Waals surface area contributed by atoms with E-state index in [1.807, 2.05) is 0 Å². The molecular weight excluding hydrogens is 328 g/mol. The molecule has 0 radical (unpaired) electrons. The van der Waals surface area contributed by atoms with Crippen LogP contribution in [-0.2, 0) is 4.74 Å². The van der Waals surface area contributed by atoms with Crippen LogP contribution in [-0.4, -0.2) is 55.1 Å². The van der Waals surface area contributed by atoms with Gasteiger partial charge in [-0.3, -0.25) is 9.69 Å². The molecule has 1 aliphatic rings. The lowest BCUT2D eigenvalue weighted by Gasteiger charge is -2.26. The summed E-state index contributed by atoms with van der Waals surface area (Å²) >= 11 is 5.87. The molecule has 126 valence electrons. The van der Waals surface area contributed by atoms with Crippen molar-refractivity contribution in [2.75, 3.05) is 39.5 Å². The first-order valence-corrected chi connectivity index (χ1v) is 8.30. The van der Waals surface area contributed by atoms with Crippen LogP contribution in [0.3, 0.4) is 0 Å². The van der Waals surface area contributed by atoms with Crippen LogP contribution in [0.25, 0.3) is 0 Å². The molecule has 0 bridgehead atoms. The number of carbonyl (C=O) groups is 1. The second-order valence-electron chi connectivity index (χ2n) is 5.49. The van der Waals surface area contributed by atoms with Gasteiger partial charge in [-0.1, -0.05) is 11.6 Å². The Kier molecular flexibility index (Phi) is 5.80. The van der Waals surface area contributed by atoms with Crippen molar-refractivity contribution in [2.45, 2.75) is 0 Å². The van der Waals surface area contributed by atoms with Gasteiger partial charge in [-0.05, 0) is 36.4 Å². The minimum atomic E-state index is -0.124. The summed E-state index contributed by atoms with van der Waals surface area (Å²) in [7, 11) is 0. The zero-order chi connectivity index (χ0) is 16.8. The van der Waals surface area contributed by atoms with Crippen molar-refractivity contribution in [1.29, 1.82) is 0 Å². The Morgan fingerprint density at radius 3 is 2.71 bits per heavy atom. The standard InChI is InChI=1S/C18H19ClN2O3/c19-15-5-3-14(4-6-15)17(22)16-2-1-7-20-18(16)24-13-10-21-8-11-23-12-9-21/h1-7H,8-13H2. The molecule has 0 unspecified atom stereocenters. The van der Waals surface area contributed by atoms with Gasteiger partial charge in [-0.15, -0.1) is 0 Å². The van der Waals surface area contributed by atoms with Gasteiger partial charge in [-0.2, -0.15) is 0 Å². The summed E-state index contributed by atoms with van der Waals surface area (Å²) in [5, 5.41) is 0.597. The average Bonchev–Trinajstić information content (AvgIpc) is 2.63. The zero-order valence-electron chi connectivity index (χ0n) is 13.3. The van der Waals surface area contributed by atoms with Gasteiger partial charge in [0, 0.05) is 36.4 Å². The van der Waals surface area contributed by atoms with Crippen molar-refractivity contribution in [3.05, 3.63) is 58.7 Å². The summed E-state index contributed by atoms with van der Waals surface area (Å²) < 4.78 is 11.1. The highest BCUT2D eigenvalue weighted by Gasteiger charge is 2.16. The fourth-order valence-corrected chi connectivity index (χ4v) is 2.66. The maximum Gasteiger partial charge on any atom is 0.224 e. The first-order chi connectivity index (χ1) is 11.7. The number of carbonyl (C=O) groups excluding carboxylic acids is 1. The molecule has 0 aliphatic carbocycles. The topological polar surface area (TPSA) is 51.7 Å². The maximum absolute atomic E-state index is 12.7. The number of ketones is 1. The van der Waals surface area contributed by atoms with Crippen LogP contribution in [0, 0.1) is 0 Å². The van der Waals surface area contributed by atoms with Crippen LogP contribution in [0.1, 0.15) is 15.9 Å². The Labute approximate surface area is 146 Å². The van der Waals surface area contributed by atoms with Gasteiger partial charge in [0.05, 0.1) is 18.8 Å². The second kappa shape index (κ2) is 8.24. The van der Waals surface area contributed by atoms with Gasteiger partial charge >= 0.3 is 0 Å². The van der Waals surface area contributed by atoms with Gasteiger partial charge in [0.25, 0.3) is 0 Å². The largest absolute Gasteiger partial charge is 0.476 e. The summed E-state index contributed by atoms with van der Waals surface area (Å²) in [6.45, 7) is 4.59. The molecule has 0 atom stereocenters. The SMILES string of the molecule is O=C(c1ccc(Cl)cc1)c1cccnc1OCCN1CCOCC1. The third-order valence-corrected chi connectivity index (χ3v) is 4.12. The smallest absolute Gasteiger partial charge is 0.224 e. The number of nitrogens with zero attached hydrogens (tertiary/aromatic N) is 2. The third-order valence-electron chi connectivity index (χ3n) is 3.87. The summed E-state index contributed by atoms with van der Waals surface area (Å²) in [6.07, 6.45) is 1.63. The molecule has 1 aliphatic heterocycles. The molecule has 6 heteroatoms. The predicted octanol–water partition coefficient (Wildman–Crippen LogP) is 2.68. The fourth-order valence-electron chi connectivity index (χ4n) is 2.53. The van der Waals surface area contributed by atoms with E-state index < -0.39 is 0 Å². The van der Waals surface area contributed by atoms with Gasteiger partial charge in [-0.25, -0.2) is 4.98 Å². The summed E-state index contributed by atoms with van der Waals surface area (Å²) in [5.74, 6) is 0.242. The molecule has 0 N–H and O–H groups in total. The minimum Gasteiger partial charge on any atom is -0.476 e. The monoisotopic (exact) mass is 346 g/mol. The van der Waals surface area contributed by atoms with Crippen molar-refractivity contribution in [3.8, 4) is 5.88 Å². The maximum atomic E-state index is 12.7. The molecule has 0 amide bonds. The molecule has 0 saturated carbocycles. The van der Waals surface area contributed by atoms with Crippen LogP contribution in [0.15, 0.2) is 42.6 Å². The molecule has 3 rings (SSSR count). The molecule has 24 heavy (non-hydrogen) atoms. The Morgan fingerprint density at radius 2 is 1.96 bits per heavy atom. The number of rotatable bonds is 6. The van der Waals surface area contributed by atoms with E-state index in [-0.39, 0.29) is 5.78 Å². The highest BCUT2D eigenvalue weighted by atomic mass is 35.5. The molecule has 1 fully saturated rings. The molecule has 2 aromatic rings. The molecule has 0 spiro atoms. The van der Waals surface area contributed by atoms with Crippen molar-refractivity contribution in [1.82, 2.24) is 9.88 Å². The Hall–Kier alpha value is -1.95. The van der Waals surface area contributed by atoms with Gasteiger partial charge in [0.15, 0.2) is 5.78 Å². The zero-order valence-corrected chi connectivity index (χ0v) is 14.0. The number of ether oxygens (including phenoxy) is 2. The molecule has 1 saturated heterocycles. The first-order valence-electron chi connectivity index (χ1n) is 7.92. The normalized spacial score (nSPS) is 15.2. The summed E-state index contributed by atoms with van der Waals surface area (Å²) in [4.78, 5) is 19.1. The van der Waals surface area contributed by atoms with E-state index in [1.54, 1.807) is 42.6 Å². The van der Waals surface area contributed by atoms with Crippen LogP contribution in [0.2, 0.25) is 5.02 Å². The van der Waals surface area contributed by atoms with E-state index >= 15 is 0 Å². The lowest BCUT2D eigenvalue weighted by molar-refractivity contribution is 0.0319. The highest BCUT2D eigenvalue weighted by molar-refractivity contribution is 6.30. The number of hydrogen-bond acceptors (Lipinski definition) is 5. The number of halogens is 1. The summed E-state index contributed by atoms with van der Waals surface area (Å²) in [5.41, 5.74) is 1.02. The number of morpholine rings is 1. The van der Waals surface area contributed by atoms with Crippen LogP contribution < -0.4 is 4.74 Å². The first kappa shape index (κ1) is 16.9. The average molecular weight is 347 g/mol. The fraction of sp³-hybridized carbons (Fsp3) is 0.333. The summed E-state index contributed by atoms with van der Waals surface area (Å²) in [6, 6.07) is 10.3. The van der Waals surface area contributed by atoms with E-state index in [4.69, 9.17) is 21.1 Å². The predicted molar refractivity (Wildman–Crippen MR) is 91.9 cm³/mol. The van der Waals surface area contributed by atoms with Gasteiger partial charge in [0.2, 0.25) is 5.88 Å². The van der Waals surface area contributed by atoms with Crippen molar-refractivity contribution < 1.29 is 14.3 Å². The molecule has 5 nitrogen and oxygen atoms in total. The van der Waals surface area contributed by atoms with E-state index in [1.165, 1.54) is 0 Å². The Bertz CT molecular complexity index is 685. The second-order valence-corrected chi connectivity index (χ2v) is 5.93. The Morgan fingerprint density at radius 1 is 1.21 bits per heavy atom. The van der Waals surface area contributed by atoms with E-state index in [0.717, 1.165) is 32.8 Å². The van der Waals surface area contributed by atoms with Crippen LogP contribution in [0.5, 0.6) is 5.88 Å². The minimum absolute atomic E-state index is 0.124. The molecule has 2 heterocycles. The number of benzene rings is 1. The van der Waals surface area contributed by atoms with Crippen LogP contribution in [0.4, 0.5) is 0 Å². The molecule has 1 aromatic heterocycles. The lowest BCUT2D eigenvalue weighted by Crippen LogP contribution is -2.38. The molecule has 1 aromatic carbocycles. The van der Waals surface area contributed by atoms with E-state index in [2.05, 4.69) is 9.88 Å². The number of aromatic nitrogens is 1. The number of hydrogen-bond donors (Lipinski definition) is 0. The van der Waals surface area contributed by atoms with E-state index in [0.29, 0.717) is 28.6 Å². The third kappa shape index (κ3) is 4.32. The van der Waals surface area contributed by atoms with E-state index in [9.17, 15) is 4.79 Å². The van der Waals surface area contributed by atoms with Crippen molar-refractivity contribution in [2.24, 2.45) is 0 Å². The quantitative estimate of drug-likeness (QED) is 0.753.